The summed E-state index contributed by atoms with van der Waals surface area (Å²) in [5, 5.41) is 0. The molecule has 1 aromatic heterocycles. The van der Waals surface area contributed by atoms with Crippen molar-refractivity contribution in [2.24, 2.45) is 5.73 Å². The van der Waals surface area contributed by atoms with E-state index in [-0.39, 0.29) is 12.3 Å². The highest BCUT2D eigenvalue weighted by atomic mass is 16.1. The smallest absolute Gasteiger partial charge is 0.165 e. The number of ketones is 1. The Balaban J connectivity index is 2.59. The number of aromatic nitrogens is 2. The Morgan fingerprint density at radius 2 is 2.15 bits per heavy atom. The van der Waals surface area contributed by atoms with Gasteiger partial charge in [-0.1, -0.05) is 0 Å². The number of nitrogens with two attached hydrogens (primary N) is 1. The maximum absolute atomic E-state index is 11.0. The summed E-state index contributed by atoms with van der Waals surface area (Å²) in [4.78, 5) is 20.4. The highest BCUT2D eigenvalue weighted by Crippen LogP contribution is 2.06. The van der Waals surface area contributed by atoms with Crippen LogP contribution in [0.2, 0.25) is 0 Å². The molecule has 0 radical (unpaired) electrons. The maximum Gasteiger partial charge on any atom is 0.165 e. The first-order valence-corrected chi connectivity index (χ1v) is 3.92. The Morgan fingerprint density at radius 3 is 2.69 bits per heavy atom. The third kappa shape index (κ3) is 2.79. The molecule has 70 valence electrons. The van der Waals surface area contributed by atoms with Gasteiger partial charge in [-0.2, -0.15) is 0 Å². The summed E-state index contributed by atoms with van der Waals surface area (Å²) in [6.07, 6.45) is 4.75. The molecule has 0 aliphatic rings. The number of likely N-dealkylation sites (N-methyl/N-ethyl adjacent to an activating group) is 1. The van der Waals surface area contributed by atoms with Crippen LogP contribution in [0.1, 0.15) is 0 Å². The average molecular weight is 180 g/mol. The fourth-order valence-electron chi connectivity index (χ4n) is 0.909. The average Bonchev–Trinajstić information content (AvgIpc) is 2.19. The highest BCUT2D eigenvalue weighted by Gasteiger charge is 2.05. The van der Waals surface area contributed by atoms with Gasteiger partial charge in [0.2, 0.25) is 0 Å². The quantitative estimate of drug-likeness (QED) is 0.672. The summed E-state index contributed by atoms with van der Waals surface area (Å²) in [5.74, 6) is -0.00801. The largest absolute Gasteiger partial charge is 0.365 e. The fraction of sp³-hybridized carbons (Fsp3) is 0.375. The second kappa shape index (κ2) is 4.51. The molecule has 0 bridgehead atoms. The lowest BCUT2D eigenvalue weighted by Crippen LogP contribution is -2.30. The Bertz CT molecular complexity index is 275. The predicted octanol–water partition coefficient (Wildman–Crippen LogP) is -0.559. The van der Waals surface area contributed by atoms with Gasteiger partial charge in [-0.05, 0) is 0 Å². The monoisotopic (exact) mass is 180 g/mol. The van der Waals surface area contributed by atoms with E-state index in [0.29, 0.717) is 6.54 Å². The molecule has 0 aromatic carbocycles. The number of Topliss-reactive ketones (excluding diaryl/α,β-unsaturated/α-hetero) is 1. The van der Waals surface area contributed by atoms with E-state index in [2.05, 4.69) is 9.97 Å². The van der Waals surface area contributed by atoms with Crippen LogP contribution < -0.4 is 10.6 Å². The van der Waals surface area contributed by atoms with Crippen molar-refractivity contribution in [3.63, 3.8) is 0 Å². The zero-order chi connectivity index (χ0) is 9.68. The topological polar surface area (TPSA) is 72.1 Å². The molecule has 13 heavy (non-hydrogen) atoms. The van der Waals surface area contributed by atoms with E-state index in [0.717, 1.165) is 5.69 Å². The summed E-state index contributed by atoms with van der Waals surface area (Å²) in [7, 11) is 1.80. The lowest BCUT2D eigenvalue weighted by Gasteiger charge is -2.16. The molecule has 0 spiro atoms. The molecule has 0 atom stereocenters. The van der Waals surface area contributed by atoms with Crippen molar-refractivity contribution in [3.05, 3.63) is 18.7 Å². The van der Waals surface area contributed by atoms with Crippen LogP contribution in [0.3, 0.4) is 0 Å². The molecule has 0 amide bonds. The minimum atomic E-state index is -0.00801. The Labute approximate surface area is 76.6 Å². The molecule has 2 N–H and O–H groups in total. The zero-order valence-electron chi connectivity index (χ0n) is 7.47. The number of hydrogen-bond donors (Lipinski definition) is 1. The van der Waals surface area contributed by atoms with Gasteiger partial charge in [0.25, 0.3) is 0 Å². The molecule has 5 heteroatoms. The van der Waals surface area contributed by atoms with Gasteiger partial charge in [0.1, 0.15) is 6.33 Å². The van der Waals surface area contributed by atoms with E-state index in [1.54, 1.807) is 24.3 Å². The molecule has 1 heterocycles. The molecule has 5 nitrogen and oxygen atoms in total. The standard InChI is InChI=1S/C8H12N4O/c1-12(5-8(13)2-9)7-3-10-6-11-4-7/h3-4,6H,2,5,9H2,1H3. The molecular weight excluding hydrogens is 168 g/mol. The van der Waals surface area contributed by atoms with Gasteiger partial charge < -0.3 is 10.6 Å². The van der Waals surface area contributed by atoms with Crippen molar-refractivity contribution in [2.75, 3.05) is 25.0 Å². The second-order valence-electron chi connectivity index (χ2n) is 2.70. The minimum absolute atomic E-state index is 0.00801. The number of rotatable bonds is 4. The summed E-state index contributed by atoms with van der Waals surface area (Å²) >= 11 is 0. The van der Waals surface area contributed by atoms with Crippen molar-refractivity contribution in [2.45, 2.75) is 0 Å². The first kappa shape index (κ1) is 9.60. The van der Waals surface area contributed by atoms with Gasteiger partial charge in [0.05, 0.1) is 31.2 Å². The van der Waals surface area contributed by atoms with Gasteiger partial charge in [-0.25, -0.2) is 9.97 Å². The molecule has 0 aliphatic carbocycles. The Kier molecular flexibility index (Phi) is 3.33. The first-order valence-electron chi connectivity index (χ1n) is 3.92. The Morgan fingerprint density at radius 1 is 1.54 bits per heavy atom. The molecular formula is C8H12N4O. The number of hydrogen-bond acceptors (Lipinski definition) is 5. The first-order chi connectivity index (χ1) is 6.24. The summed E-state index contributed by atoms with van der Waals surface area (Å²) < 4.78 is 0. The van der Waals surface area contributed by atoms with Gasteiger partial charge in [0, 0.05) is 7.05 Å². The molecule has 1 rings (SSSR count). The van der Waals surface area contributed by atoms with Gasteiger partial charge in [0.15, 0.2) is 5.78 Å². The summed E-state index contributed by atoms with van der Waals surface area (Å²) in [6.45, 7) is 0.363. The van der Waals surface area contributed by atoms with Crippen molar-refractivity contribution in [1.29, 1.82) is 0 Å². The molecule has 0 aliphatic heterocycles. The van der Waals surface area contributed by atoms with E-state index in [4.69, 9.17) is 5.73 Å². The van der Waals surface area contributed by atoms with E-state index < -0.39 is 0 Å². The van der Waals surface area contributed by atoms with E-state index in [9.17, 15) is 4.79 Å². The van der Waals surface area contributed by atoms with Crippen LogP contribution in [0, 0.1) is 0 Å². The normalized spacial score (nSPS) is 9.69. The predicted molar refractivity (Wildman–Crippen MR) is 49.4 cm³/mol. The lowest BCUT2D eigenvalue weighted by atomic mass is 10.3. The van der Waals surface area contributed by atoms with Crippen LogP contribution in [0.5, 0.6) is 0 Å². The highest BCUT2D eigenvalue weighted by molar-refractivity contribution is 5.84. The third-order valence-corrected chi connectivity index (χ3v) is 1.63. The number of nitrogens with zero attached hydrogens (tertiary/aromatic N) is 3. The van der Waals surface area contributed by atoms with Crippen LogP contribution in [0.15, 0.2) is 18.7 Å². The fourth-order valence-corrected chi connectivity index (χ4v) is 0.909. The lowest BCUT2D eigenvalue weighted by molar-refractivity contribution is -0.116. The number of anilines is 1. The van der Waals surface area contributed by atoms with Crippen molar-refractivity contribution < 1.29 is 4.79 Å². The van der Waals surface area contributed by atoms with Crippen molar-refractivity contribution in [1.82, 2.24) is 9.97 Å². The van der Waals surface area contributed by atoms with Gasteiger partial charge in [-0.3, -0.25) is 4.79 Å². The van der Waals surface area contributed by atoms with Crippen molar-refractivity contribution >= 4 is 11.5 Å². The molecule has 0 unspecified atom stereocenters. The summed E-state index contributed by atoms with van der Waals surface area (Å²) in [6, 6.07) is 0. The number of carbonyl (C=O) groups is 1. The van der Waals surface area contributed by atoms with Gasteiger partial charge >= 0.3 is 0 Å². The van der Waals surface area contributed by atoms with Crippen LogP contribution in [0.4, 0.5) is 5.69 Å². The summed E-state index contributed by atoms with van der Waals surface area (Å²) in [5.41, 5.74) is 6.00. The minimum Gasteiger partial charge on any atom is -0.365 e. The molecule has 0 saturated heterocycles. The molecule has 0 saturated carbocycles. The number of carbonyl (C=O) groups excluding carboxylic acids is 1. The zero-order valence-corrected chi connectivity index (χ0v) is 7.47. The second-order valence-corrected chi connectivity index (χ2v) is 2.70. The molecule has 1 aromatic rings. The van der Waals surface area contributed by atoms with Crippen LogP contribution in [0.25, 0.3) is 0 Å². The van der Waals surface area contributed by atoms with Crippen LogP contribution in [-0.4, -0.2) is 35.9 Å². The molecule has 0 fully saturated rings. The Hall–Kier alpha value is -1.49. The SMILES string of the molecule is CN(CC(=O)CN)c1cncnc1. The van der Waals surface area contributed by atoms with Crippen LogP contribution in [-0.2, 0) is 4.79 Å². The van der Waals surface area contributed by atoms with Gasteiger partial charge in [-0.15, -0.1) is 0 Å². The van der Waals surface area contributed by atoms with Crippen molar-refractivity contribution in [3.8, 4) is 0 Å². The van der Waals surface area contributed by atoms with E-state index in [1.165, 1.54) is 6.33 Å². The van der Waals surface area contributed by atoms with E-state index >= 15 is 0 Å². The maximum atomic E-state index is 11.0. The van der Waals surface area contributed by atoms with Crippen LogP contribution >= 0.6 is 0 Å². The van der Waals surface area contributed by atoms with E-state index in [1.807, 2.05) is 0 Å². The third-order valence-electron chi connectivity index (χ3n) is 1.63.